The summed E-state index contributed by atoms with van der Waals surface area (Å²) in [6.07, 6.45) is 3.60. The summed E-state index contributed by atoms with van der Waals surface area (Å²) in [5.41, 5.74) is 7.88. The zero-order chi connectivity index (χ0) is 13.5. The molecule has 0 amide bonds. The van der Waals surface area contributed by atoms with Gasteiger partial charge in [0, 0.05) is 5.69 Å². The normalized spacial score (nSPS) is 17.3. The van der Waals surface area contributed by atoms with Crippen molar-refractivity contribution < 1.29 is 8.42 Å². The first-order valence-electron chi connectivity index (χ1n) is 6.50. The van der Waals surface area contributed by atoms with Crippen LogP contribution in [0.4, 0.5) is 5.69 Å². The Morgan fingerprint density at radius 2 is 2.05 bits per heavy atom. The second-order valence-corrected chi connectivity index (χ2v) is 7.45. The van der Waals surface area contributed by atoms with Gasteiger partial charge in [0.25, 0.3) is 0 Å². The molecule has 102 valence electrons. The Morgan fingerprint density at radius 3 is 2.79 bits per heavy atom. The highest BCUT2D eigenvalue weighted by Gasteiger charge is 2.29. The van der Waals surface area contributed by atoms with Crippen LogP contribution in [0.5, 0.6) is 0 Å². The maximum absolute atomic E-state index is 12.3. The first-order chi connectivity index (χ1) is 9.04. The van der Waals surface area contributed by atoms with E-state index in [0.717, 1.165) is 36.7 Å². The van der Waals surface area contributed by atoms with Gasteiger partial charge in [0.05, 0.1) is 16.3 Å². The summed E-state index contributed by atoms with van der Waals surface area (Å²) in [5.74, 6) is 0.499. The highest BCUT2D eigenvalue weighted by Crippen LogP contribution is 2.27. The van der Waals surface area contributed by atoms with E-state index in [2.05, 4.69) is 9.97 Å². The minimum Gasteiger partial charge on any atom is -0.399 e. The van der Waals surface area contributed by atoms with Gasteiger partial charge in [-0.05, 0) is 31.0 Å². The van der Waals surface area contributed by atoms with Gasteiger partial charge >= 0.3 is 0 Å². The van der Waals surface area contributed by atoms with Gasteiger partial charge in [-0.15, -0.1) is 0 Å². The molecule has 3 N–H and O–H groups in total. The average Bonchev–Trinajstić information content (AvgIpc) is 2.95. The number of nitrogens with two attached hydrogens (primary N) is 1. The number of aromatic amines is 1. The van der Waals surface area contributed by atoms with Gasteiger partial charge in [-0.3, -0.25) is 0 Å². The molecule has 1 fully saturated rings. The van der Waals surface area contributed by atoms with Crippen LogP contribution in [0.1, 0.15) is 31.5 Å². The third-order valence-electron chi connectivity index (χ3n) is 3.70. The minimum atomic E-state index is -3.10. The fourth-order valence-electron chi connectivity index (χ4n) is 2.70. The molecule has 1 aromatic heterocycles. The van der Waals surface area contributed by atoms with Crippen LogP contribution < -0.4 is 5.73 Å². The van der Waals surface area contributed by atoms with Crippen molar-refractivity contribution in [2.24, 2.45) is 0 Å². The lowest BCUT2D eigenvalue weighted by Gasteiger charge is -2.08. The van der Waals surface area contributed by atoms with Crippen LogP contribution in [-0.2, 0) is 15.6 Å². The van der Waals surface area contributed by atoms with E-state index in [1.165, 1.54) is 0 Å². The molecular formula is C13H17N3O2S. The Kier molecular flexibility index (Phi) is 2.97. The van der Waals surface area contributed by atoms with Crippen molar-refractivity contribution >= 4 is 26.6 Å². The summed E-state index contributed by atoms with van der Waals surface area (Å²) in [5, 5.41) is -0.189. The third kappa shape index (κ3) is 2.45. The highest BCUT2D eigenvalue weighted by atomic mass is 32.2. The summed E-state index contributed by atoms with van der Waals surface area (Å²) >= 11 is 0. The van der Waals surface area contributed by atoms with Crippen molar-refractivity contribution in [3.05, 3.63) is 24.0 Å². The number of H-pyrrole nitrogens is 1. The molecule has 0 aliphatic heterocycles. The SMILES string of the molecule is Nc1ccc2nc(CS(=O)(=O)C3CCCC3)[nH]c2c1. The Labute approximate surface area is 112 Å². The van der Waals surface area contributed by atoms with Crippen molar-refractivity contribution in [3.63, 3.8) is 0 Å². The fourth-order valence-corrected chi connectivity index (χ4v) is 4.51. The van der Waals surface area contributed by atoms with Crippen LogP contribution in [0.25, 0.3) is 11.0 Å². The quantitative estimate of drug-likeness (QED) is 0.841. The molecule has 0 unspecified atom stereocenters. The van der Waals surface area contributed by atoms with Crippen molar-refractivity contribution in [2.45, 2.75) is 36.7 Å². The van der Waals surface area contributed by atoms with E-state index in [1.807, 2.05) is 0 Å². The molecule has 1 saturated carbocycles. The van der Waals surface area contributed by atoms with Crippen LogP contribution >= 0.6 is 0 Å². The van der Waals surface area contributed by atoms with Crippen molar-refractivity contribution in [2.75, 3.05) is 5.73 Å². The third-order valence-corrected chi connectivity index (χ3v) is 5.87. The molecule has 0 atom stereocenters. The van der Waals surface area contributed by atoms with Crippen LogP contribution in [0.2, 0.25) is 0 Å². The minimum absolute atomic E-state index is 0.00769. The molecule has 0 spiro atoms. The average molecular weight is 279 g/mol. The van der Waals surface area contributed by atoms with Crippen molar-refractivity contribution in [1.82, 2.24) is 9.97 Å². The van der Waals surface area contributed by atoms with Gasteiger partial charge < -0.3 is 10.7 Å². The largest absolute Gasteiger partial charge is 0.399 e. The van der Waals surface area contributed by atoms with Gasteiger partial charge in [0.2, 0.25) is 0 Å². The predicted octanol–water partition coefficient (Wildman–Crippen LogP) is 2.00. The molecule has 1 aliphatic rings. The number of sulfone groups is 1. The molecule has 0 saturated heterocycles. The fraction of sp³-hybridized carbons (Fsp3) is 0.462. The number of nitrogens with one attached hydrogen (secondary N) is 1. The molecular weight excluding hydrogens is 262 g/mol. The van der Waals surface area contributed by atoms with E-state index in [4.69, 9.17) is 5.73 Å². The van der Waals surface area contributed by atoms with E-state index in [-0.39, 0.29) is 11.0 Å². The molecule has 1 aromatic carbocycles. The van der Waals surface area contributed by atoms with Crippen LogP contribution in [0.15, 0.2) is 18.2 Å². The molecule has 1 heterocycles. The van der Waals surface area contributed by atoms with Crippen LogP contribution in [0, 0.1) is 0 Å². The van der Waals surface area contributed by atoms with Gasteiger partial charge in [0.15, 0.2) is 9.84 Å². The Hall–Kier alpha value is -1.56. The first-order valence-corrected chi connectivity index (χ1v) is 8.22. The zero-order valence-electron chi connectivity index (χ0n) is 10.6. The van der Waals surface area contributed by atoms with Gasteiger partial charge in [-0.25, -0.2) is 13.4 Å². The highest BCUT2D eigenvalue weighted by molar-refractivity contribution is 7.91. The number of benzene rings is 1. The Bertz CT molecular complexity index is 700. The molecule has 5 nitrogen and oxygen atoms in total. The second kappa shape index (κ2) is 4.52. The summed E-state index contributed by atoms with van der Waals surface area (Å²) < 4.78 is 24.5. The van der Waals surface area contributed by atoms with Crippen molar-refractivity contribution in [1.29, 1.82) is 0 Å². The van der Waals surface area contributed by atoms with E-state index in [0.29, 0.717) is 11.5 Å². The predicted molar refractivity (Wildman–Crippen MR) is 75.4 cm³/mol. The molecule has 1 aliphatic carbocycles. The Morgan fingerprint density at radius 1 is 1.32 bits per heavy atom. The molecule has 2 aromatic rings. The molecule has 0 bridgehead atoms. The van der Waals surface area contributed by atoms with E-state index < -0.39 is 9.84 Å². The lowest BCUT2D eigenvalue weighted by molar-refractivity contribution is 0.577. The van der Waals surface area contributed by atoms with Gasteiger partial charge in [0.1, 0.15) is 11.6 Å². The molecule has 0 radical (unpaired) electrons. The van der Waals surface area contributed by atoms with E-state index in [1.54, 1.807) is 18.2 Å². The van der Waals surface area contributed by atoms with Crippen LogP contribution in [0.3, 0.4) is 0 Å². The molecule has 3 rings (SSSR count). The molecule has 19 heavy (non-hydrogen) atoms. The Balaban J connectivity index is 1.88. The van der Waals surface area contributed by atoms with E-state index >= 15 is 0 Å². The number of hydrogen-bond acceptors (Lipinski definition) is 4. The summed E-state index contributed by atoms with van der Waals surface area (Å²) in [4.78, 5) is 7.37. The lowest BCUT2D eigenvalue weighted by atomic mass is 10.3. The smallest absolute Gasteiger partial charge is 0.160 e. The second-order valence-electron chi connectivity index (χ2n) is 5.17. The monoisotopic (exact) mass is 279 g/mol. The van der Waals surface area contributed by atoms with Gasteiger partial charge in [-0.2, -0.15) is 0 Å². The number of anilines is 1. The van der Waals surface area contributed by atoms with Gasteiger partial charge in [-0.1, -0.05) is 12.8 Å². The van der Waals surface area contributed by atoms with Crippen molar-refractivity contribution in [3.8, 4) is 0 Å². The van der Waals surface area contributed by atoms with E-state index in [9.17, 15) is 8.42 Å². The lowest BCUT2D eigenvalue weighted by Crippen LogP contribution is -2.20. The number of imidazole rings is 1. The maximum atomic E-state index is 12.3. The number of rotatable bonds is 3. The number of fused-ring (bicyclic) bond motifs is 1. The first kappa shape index (κ1) is 12.5. The zero-order valence-corrected chi connectivity index (χ0v) is 11.4. The standard InChI is InChI=1S/C13H17N3O2S/c14-9-5-6-11-12(7-9)16-13(15-11)8-19(17,18)10-3-1-2-4-10/h5-7,10H,1-4,8,14H2,(H,15,16). The summed E-state index contributed by atoms with van der Waals surface area (Å²) in [6.45, 7) is 0. The maximum Gasteiger partial charge on any atom is 0.160 e. The summed E-state index contributed by atoms with van der Waals surface area (Å²) in [7, 11) is -3.10. The number of hydrogen-bond donors (Lipinski definition) is 2. The summed E-state index contributed by atoms with van der Waals surface area (Å²) in [6, 6.07) is 5.33. The number of nitrogens with zero attached hydrogens (tertiary/aromatic N) is 1. The topological polar surface area (TPSA) is 88.8 Å². The molecule has 6 heteroatoms. The van der Waals surface area contributed by atoms with Crippen LogP contribution in [-0.4, -0.2) is 23.6 Å². The number of aromatic nitrogens is 2. The number of nitrogen functional groups attached to an aromatic ring is 1.